The first-order valence-corrected chi connectivity index (χ1v) is 6.78. The zero-order chi connectivity index (χ0) is 13.4. The molecular weight excluding hydrogens is 218 g/mol. The molecule has 0 saturated carbocycles. The maximum atomic E-state index is 4.06. The Kier molecular flexibility index (Phi) is 6.42. The summed E-state index contributed by atoms with van der Waals surface area (Å²) in [5.74, 6) is 0.575. The van der Waals surface area contributed by atoms with E-state index in [9.17, 15) is 0 Å². The Bertz CT molecular complexity index is 397. The van der Waals surface area contributed by atoms with E-state index in [1.165, 1.54) is 23.1 Å². The Labute approximate surface area is 112 Å². The van der Waals surface area contributed by atoms with E-state index in [4.69, 9.17) is 0 Å². The van der Waals surface area contributed by atoms with E-state index in [0.29, 0.717) is 5.92 Å². The minimum absolute atomic E-state index is 0.575. The SMILES string of the molecule is CC(C)=CCC/C(C)=C/CC(C)c1ccncc1. The summed E-state index contributed by atoms with van der Waals surface area (Å²) < 4.78 is 0. The Morgan fingerprint density at radius 3 is 2.44 bits per heavy atom. The number of aromatic nitrogens is 1. The lowest BCUT2D eigenvalue weighted by atomic mass is 9.97. The average molecular weight is 243 g/mol. The van der Waals surface area contributed by atoms with Crippen molar-refractivity contribution < 1.29 is 0 Å². The van der Waals surface area contributed by atoms with Crippen LogP contribution in [0.25, 0.3) is 0 Å². The van der Waals surface area contributed by atoms with E-state index in [1.54, 1.807) is 0 Å². The number of hydrogen-bond donors (Lipinski definition) is 0. The van der Waals surface area contributed by atoms with Crippen LogP contribution in [0, 0.1) is 0 Å². The molecule has 1 unspecified atom stereocenters. The molecule has 0 amide bonds. The third kappa shape index (κ3) is 5.81. The van der Waals surface area contributed by atoms with Gasteiger partial charge in [-0.25, -0.2) is 0 Å². The van der Waals surface area contributed by atoms with Gasteiger partial charge >= 0.3 is 0 Å². The number of allylic oxidation sites excluding steroid dienone is 4. The summed E-state index contributed by atoms with van der Waals surface area (Å²) in [6.45, 7) is 8.82. The quantitative estimate of drug-likeness (QED) is 0.620. The molecule has 0 saturated heterocycles. The van der Waals surface area contributed by atoms with Crippen LogP contribution in [0.2, 0.25) is 0 Å². The third-order valence-corrected chi connectivity index (χ3v) is 3.19. The van der Waals surface area contributed by atoms with Gasteiger partial charge in [-0.1, -0.05) is 30.2 Å². The van der Waals surface area contributed by atoms with Gasteiger partial charge in [0, 0.05) is 12.4 Å². The van der Waals surface area contributed by atoms with Crippen molar-refractivity contribution in [3.05, 3.63) is 53.4 Å². The Hall–Kier alpha value is -1.37. The fourth-order valence-electron chi connectivity index (χ4n) is 1.90. The molecule has 0 aliphatic carbocycles. The van der Waals surface area contributed by atoms with Crippen molar-refractivity contribution in [1.82, 2.24) is 4.98 Å². The lowest BCUT2D eigenvalue weighted by Gasteiger charge is -2.09. The van der Waals surface area contributed by atoms with E-state index in [2.05, 4.69) is 57.0 Å². The van der Waals surface area contributed by atoms with Gasteiger partial charge in [-0.05, 0) is 63.6 Å². The molecule has 98 valence electrons. The van der Waals surface area contributed by atoms with Crippen LogP contribution in [0.15, 0.2) is 47.8 Å². The zero-order valence-corrected chi connectivity index (χ0v) is 12.1. The van der Waals surface area contributed by atoms with E-state index in [-0.39, 0.29) is 0 Å². The molecule has 0 aromatic carbocycles. The molecule has 0 aliphatic heterocycles. The number of rotatable bonds is 6. The minimum Gasteiger partial charge on any atom is -0.265 e. The highest BCUT2D eigenvalue weighted by molar-refractivity contribution is 5.16. The highest BCUT2D eigenvalue weighted by Gasteiger charge is 2.02. The van der Waals surface area contributed by atoms with Gasteiger partial charge in [-0.3, -0.25) is 4.98 Å². The van der Waals surface area contributed by atoms with Gasteiger partial charge in [0.2, 0.25) is 0 Å². The van der Waals surface area contributed by atoms with E-state index >= 15 is 0 Å². The summed E-state index contributed by atoms with van der Waals surface area (Å²) in [5.41, 5.74) is 4.28. The summed E-state index contributed by atoms with van der Waals surface area (Å²) in [6, 6.07) is 4.22. The predicted molar refractivity (Wildman–Crippen MR) is 79.7 cm³/mol. The molecule has 0 aliphatic rings. The van der Waals surface area contributed by atoms with Crippen molar-refractivity contribution in [2.45, 2.75) is 52.9 Å². The van der Waals surface area contributed by atoms with Gasteiger partial charge in [-0.2, -0.15) is 0 Å². The second kappa shape index (κ2) is 7.86. The first-order valence-electron chi connectivity index (χ1n) is 6.78. The predicted octanol–water partition coefficient (Wildman–Crippen LogP) is 5.27. The Morgan fingerprint density at radius 2 is 1.83 bits per heavy atom. The van der Waals surface area contributed by atoms with Crippen molar-refractivity contribution in [1.29, 1.82) is 0 Å². The first-order chi connectivity index (χ1) is 8.59. The van der Waals surface area contributed by atoms with Crippen LogP contribution in [-0.2, 0) is 0 Å². The summed E-state index contributed by atoms with van der Waals surface area (Å²) in [4.78, 5) is 4.06. The van der Waals surface area contributed by atoms with Crippen LogP contribution < -0.4 is 0 Å². The lowest BCUT2D eigenvalue weighted by molar-refractivity contribution is 0.769. The fourth-order valence-corrected chi connectivity index (χ4v) is 1.90. The van der Waals surface area contributed by atoms with Gasteiger partial charge in [-0.15, -0.1) is 0 Å². The largest absolute Gasteiger partial charge is 0.265 e. The van der Waals surface area contributed by atoms with E-state index < -0.39 is 0 Å². The molecular formula is C17H25N. The second-order valence-electron chi connectivity index (χ2n) is 5.29. The van der Waals surface area contributed by atoms with Crippen LogP contribution >= 0.6 is 0 Å². The summed E-state index contributed by atoms with van der Waals surface area (Å²) in [6.07, 6.45) is 11.9. The normalized spacial score (nSPS) is 13.2. The van der Waals surface area contributed by atoms with Crippen molar-refractivity contribution in [3.63, 3.8) is 0 Å². The molecule has 0 N–H and O–H groups in total. The second-order valence-corrected chi connectivity index (χ2v) is 5.29. The molecule has 1 aromatic heterocycles. The molecule has 0 radical (unpaired) electrons. The number of pyridine rings is 1. The smallest absolute Gasteiger partial charge is 0.0270 e. The molecule has 18 heavy (non-hydrogen) atoms. The summed E-state index contributed by atoms with van der Waals surface area (Å²) >= 11 is 0. The standard InChI is InChI=1S/C17H25N/c1-14(2)6-5-7-15(3)8-9-16(4)17-10-12-18-13-11-17/h6,8,10-13,16H,5,7,9H2,1-4H3/b15-8+. The van der Waals surface area contributed by atoms with Gasteiger partial charge in [0.05, 0.1) is 0 Å². The van der Waals surface area contributed by atoms with E-state index in [1.807, 2.05) is 12.4 Å². The molecule has 1 nitrogen and oxygen atoms in total. The molecule has 1 atom stereocenters. The molecule has 1 rings (SSSR count). The molecule has 1 heterocycles. The van der Waals surface area contributed by atoms with Crippen LogP contribution in [-0.4, -0.2) is 4.98 Å². The topological polar surface area (TPSA) is 12.9 Å². The molecule has 0 spiro atoms. The highest BCUT2D eigenvalue weighted by atomic mass is 14.6. The molecule has 0 bridgehead atoms. The average Bonchev–Trinajstić information content (AvgIpc) is 2.36. The zero-order valence-electron chi connectivity index (χ0n) is 12.1. The fraction of sp³-hybridized carbons (Fsp3) is 0.471. The lowest BCUT2D eigenvalue weighted by Crippen LogP contribution is -1.92. The van der Waals surface area contributed by atoms with Crippen molar-refractivity contribution >= 4 is 0 Å². The van der Waals surface area contributed by atoms with Gasteiger partial charge in [0.1, 0.15) is 0 Å². The third-order valence-electron chi connectivity index (χ3n) is 3.19. The van der Waals surface area contributed by atoms with Crippen LogP contribution in [0.3, 0.4) is 0 Å². The first kappa shape index (κ1) is 14.7. The number of nitrogens with zero attached hydrogens (tertiary/aromatic N) is 1. The molecule has 0 fully saturated rings. The van der Waals surface area contributed by atoms with Gasteiger partial charge < -0.3 is 0 Å². The molecule has 1 heteroatoms. The summed E-state index contributed by atoms with van der Waals surface area (Å²) in [7, 11) is 0. The van der Waals surface area contributed by atoms with Crippen molar-refractivity contribution in [2.75, 3.05) is 0 Å². The van der Waals surface area contributed by atoms with Crippen molar-refractivity contribution in [3.8, 4) is 0 Å². The van der Waals surface area contributed by atoms with Crippen LogP contribution in [0.1, 0.15) is 58.4 Å². The van der Waals surface area contributed by atoms with E-state index in [0.717, 1.165) is 12.8 Å². The van der Waals surface area contributed by atoms with Gasteiger partial charge in [0.25, 0.3) is 0 Å². The number of hydrogen-bond acceptors (Lipinski definition) is 1. The van der Waals surface area contributed by atoms with Gasteiger partial charge in [0.15, 0.2) is 0 Å². The summed E-state index contributed by atoms with van der Waals surface area (Å²) in [5, 5.41) is 0. The Morgan fingerprint density at radius 1 is 1.17 bits per heavy atom. The monoisotopic (exact) mass is 243 g/mol. The maximum Gasteiger partial charge on any atom is 0.0270 e. The molecule has 1 aromatic rings. The highest BCUT2D eigenvalue weighted by Crippen LogP contribution is 2.20. The van der Waals surface area contributed by atoms with Crippen molar-refractivity contribution in [2.24, 2.45) is 0 Å². The minimum atomic E-state index is 0.575. The van der Waals surface area contributed by atoms with Crippen LogP contribution in [0.5, 0.6) is 0 Å². The Balaban J connectivity index is 2.41. The maximum absolute atomic E-state index is 4.06. The van der Waals surface area contributed by atoms with Crippen LogP contribution in [0.4, 0.5) is 0 Å².